The monoisotopic (exact) mass is 289 g/mol. The van der Waals surface area contributed by atoms with Gasteiger partial charge in [-0.05, 0) is 20.8 Å². The Bertz CT molecular complexity index is 673. The molecule has 3 rings (SSSR count). The van der Waals surface area contributed by atoms with Crippen LogP contribution in [0, 0.1) is 20.8 Å². The highest BCUT2D eigenvalue weighted by atomic mass is 16.5. The summed E-state index contributed by atoms with van der Waals surface area (Å²) in [5.74, 6) is 2.08. The highest BCUT2D eigenvalue weighted by molar-refractivity contribution is 5.91. The fourth-order valence-electron chi connectivity index (χ4n) is 2.61. The van der Waals surface area contributed by atoms with Gasteiger partial charge in [0.25, 0.3) is 0 Å². The first-order valence-corrected chi connectivity index (χ1v) is 7.01. The van der Waals surface area contributed by atoms with Crippen molar-refractivity contribution in [3.8, 4) is 0 Å². The van der Waals surface area contributed by atoms with Crippen LogP contribution >= 0.6 is 0 Å². The van der Waals surface area contributed by atoms with E-state index in [1.54, 1.807) is 13.0 Å². The Morgan fingerprint density at radius 1 is 1.38 bits per heavy atom. The number of aromatic nitrogens is 3. The number of carbonyl (C=O) groups excluding carboxylic acids is 1. The third kappa shape index (κ3) is 2.82. The van der Waals surface area contributed by atoms with Gasteiger partial charge in [-0.1, -0.05) is 5.16 Å². The van der Waals surface area contributed by atoms with Gasteiger partial charge in [0.2, 0.25) is 5.91 Å². The zero-order valence-electron chi connectivity index (χ0n) is 12.5. The Balaban J connectivity index is 1.60. The summed E-state index contributed by atoms with van der Waals surface area (Å²) in [7, 11) is 0. The van der Waals surface area contributed by atoms with Crippen molar-refractivity contribution in [3.05, 3.63) is 29.0 Å². The van der Waals surface area contributed by atoms with Crippen molar-refractivity contribution in [2.75, 3.05) is 18.4 Å². The molecule has 0 spiro atoms. The number of amides is 1. The fourth-order valence-corrected chi connectivity index (χ4v) is 2.61. The lowest BCUT2D eigenvalue weighted by atomic mass is 10.3. The van der Waals surface area contributed by atoms with Crippen LogP contribution in [0.3, 0.4) is 0 Å². The van der Waals surface area contributed by atoms with Crippen LogP contribution in [0.15, 0.2) is 10.6 Å². The zero-order chi connectivity index (χ0) is 15.0. The van der Waals surface area contributed by atoms with Gasteiger partial charge < -0.3 is 14.4 Å². The Kier molecular flexibility index (Phi) is 3.50. The molecule has 1 aliphatic heterocycles. The number of nitrogens with zero attached hydrogens (tertiary/aromatic N) is 4. The third-order valence-electron chi connectivity index (χ3n) is 3.80. The lowest BCUT2D eigenvalue weighted by molar-refractivity contribution is -0.117. The molecule has 0 atom stereocenters. The summed E-state index contributed by atoms with van der Waals surface area (Å²) in [4.78, 5) is 18.7. The van der Waals surface area contributed by atoms with E-state index < -0.39 is 0 Å². The number of anilines is 1. The number of nitrogens with one attached hydrogen (secondary N) is 1. The van der Waals surface area contributed by atoms with E-state index in [0.29, 0.717) is 24.7 Å². The first-order chi connectivity index (χ1) is 10.0. The molecule has 112 valence electrons. The van der Waals surface area contributed by atoms with Gasteiger partial charge in [0, 0.05) is 24.8 Å². The van der Waals surface area contributed by atoms with Gasteiger partial charge in [0.05, 0.1) is 18.8 Å². The van der Waals surface area contributed by atoms with E-state index in [1.165, 1.54) is 5.69 Å². The number of imidazole rings is 1. The average molecular weight is 289 g/mol. The zero-order valence-corrected chi connectivity index (χ0v) is 12.5. The van der Waals surface area contributed by atoms with E-state index >= 15 is 0 Å². The molecule has 1 N–H and O–H groups in total. The molecular weight excluding hydrogens is 270 g/mol. The molecule has 1 aliphatic rings. The van der Waals surface area contributed by atoms with Crippen LogP contribution in [-0.2, 0) is 17.9 Å². The minimum Gasteiger partial charge on any atom is -0.360 e. The molecule has 2 aromatic heterocycles. The van der Waals surface area contributed by atoms with Crippen LogP contribution < -0.4 is 5.32 Å². The van der Waals surface area contributed by atoms with Crippen molar-refractivity contribution in [2.45, 2.75) is 33.9 Å². The minimum atomic E-state index is -0.0863. The van der Waals surface area contributed by atoms with Gasteiger partial charge in [-0.25, -0.2) is 4.98 Å². The van der Waals surface area contributed by atoms with E-state index in [-0.39, 0.29) is 5.91 Å². The molecule has 21 heavy (non-hydrogen) atoms. The van der Waals surface area contributed by atoms with E-state index in [0.717, 1.165) is 24.6 Å². The van der Waals surface area contributed by atoms with Crippen molar-refractivity contribution in [2.24, 2.45) is 0 Å². The molecule has 7 nitrogen and oxygen atoms in total. The van der Waals surface area contributed by atoms with E-state index in [9.17, 15) is 4.79 Å². The second-order valence-electron chi connectivity index (χ2n) is 5.43. The molecule has 0 aromatic carbocycles. The Labute approximate surface area is 122 Å². The predicted molar refractivity (Wildman–Crippen MR) is 76.8 cm³/mol. The molecule has 7 heteroatoms. The van der Waals surface area contributed by atoms with Gasteiger partial charge in [0.1, 0.15) is 11.6 Å². The van der Waals surface area contributed by atoms with Crippen LogP contribution in [0.5, 0.6) is 0 Å². The van der Waals surface area contributed by atoms with Crippen molar-refractivity contribution in [3.63, 3.8) is 0 Å². The van der Waals surface area contributed by atoms with Crippen LogP contribution in [0.1, 0.15) is 23.0 Å². The Hall–Kier alpha value is -2.15. The summed E-state index contributed by atoms with van der Waals surface area (Å²) in [6.45, 7) is 8.63. The van der Waals surface area contributed by atoms with Gasteiger partial charge in [-0.15, -0.1) is 0 Å². The SMILES string of the molecule is Cc1cc(NC(=O)CN2CCn3c(nc(C)c3C)C2)no1. The van der Waals surface area contributed by atoms with Crippen LogP contribution in [0.2, 0.25) is 0 Å². The van der Waals surface area contributed by atoms with Gasteiger partial charge >= 0.3 is 0 Å². The number of rotatable bonds is 3. The summed E-state index contributed by atoms with van der Waals surface area (Å²) < 4.78 is 7.15. The molecule has 2 aromatic rings. The third-order valence-corrected chi connectivity index (χ3v) is 3.80. The quantitative estimate of drug-likeness (QED) is 0.920. The molecule has 3 heterocycles. The summed E-state index contributed by atoms with van der Waals surface area (Å²) in [5.41, 5.74) is 2.28. The predicted octanol–water partition coefficient (Wildman–Crippen LogP) is 1.25. The molecule has 0 bridgehead atoms. The molecule has 0 saturated heterocycles. The molecule has 0 saturated carbocycles. The summed E-state index contributed by atoms with van der Waals surface area (Å²) in [6.07, 6.45) is 0. The highest BCUT2D eigenvalue weighted by Crippen LogP contribution is 2.16. The van der Waals surface area contributed by atoms with Gasteiger partial charge in [0.15, 0.2) is 5.82 Å². The van der Waals surface area contributed by atoms with Crippen molar-refractivity contribution in [1.82, 2.24) is 19.6 Å². The summed E-state index contributed by atoms with van der Waals surface area (Å²) in [6, 6.07) is 1.70. The maximum Gasteiger partial charge on any atom is 0.239 e. The molecule has 0 radical (unpaired) electrons. The van der Waals surface area contributed by atoms with Crippen LogP contribution in [0.4, 0.5) is 5.82 Å². The standard InChI is InChI=1S/C14H19N5O2/c1-9-6-12(17-21-9)16-14(20)8-18-4-5-19-11(3)10(2)15-13(19)7-18/h6H,4-5,7-8H2,1-3H3,(H,16,17,20). The number of aryl methyl sites for hydroxylation is 2. The molecular formula is C14H19N5O2. The second-order valence-corrected chi connectivity index (χ2v) is 5.43. The largest absolute Gasteiger partial charge is 0.360 e. The summed E-state index contributed by atoms with van der Waals surface area (Å²) in [5, 5.41) is 6.50. The first kappa shape index (κ1) is 13.8. The number of hydrogen-bond acceptors (Lipinski definition) is 5. The van der Waals surface area contributed by atoms with E-state index in [2.05, 4.69) is 31.8 Å². The van der Waals surface area contributed by atoms with Gasteiger partial charge in [-0.2, -0.15) is 0 Å². The molecule has 0 fully saturated rings. The Morgan fingerprint density at radius 3 is 2.90 bits per heavy atom. The fraction of sp³-hybridized carbons (Fsp3) is 0.500. The molecule has 0 unspecified atom stereocenters. The van der Waals surface area contributed by atoms with Crippen molar-refractivity contribution >= 4 is 11.7 Å². The van der Waals surface area contributed by atoms with Crippen LogP contribution in [-0.4, -0.2) is 38.6 Å². The van der Waals surface area contributed by atoms with E-state index in [4.69, 9.17) is 4.52 Å². The number of carbonyl (C=O) groups is 1. The maximum atomic E-state index is 12.0. The molecule has 1 amide bonds. The lowest BCUT2D eigenvalue weighted by Gasteiger charge is -2.27. The average Bonchev–Trinajstić information content (AvgIpc) is 2.94. The lowest BCUT2D eigenvalue weighted by Crippen LogP contribution is -2.39. The Morgan fingerprint density at radius 2 is 2.19 bits per heavy atom. The number of fused-ring (bicyclic) bond motifs is 1. The van der Waals surface area contributed by atoms with E-state index in [1.807, 2.05) is 6.92 Å². The van der Waals surface area contributed by atoms with Crippen molar-refractivity contribution < 1.29 is 9.32 Å². The van der Waals surface area contributed by atoms with Crippen LogP contribution in [0.25, 0.3) is 0 Å². The molecule has 0 aliphatic carbocycles. The maximum absolute atomic E-state index is 12.0. The first-order valence-electron chi connectivity index (χ1n) is 7.01. The smallest absolute Gasteiger partial charge is 0.239 e. The summed E-state index contributed by atoms with van der Waals surface area (Å²) >= 11 is 0. The van der Waals surface area contributed by atoms with Crippen molar-refractivity contribution in [1.29, 1.82) is 0 Å². The second kappa shape index (κ2) is 5.33. The highest BCUT2D eigenvalue weighted by Gasteiger charge is 2.22. The minimum absolute atomic E-state index is 0.0863. The number of hydrogen-bond donors (Lipinski definition) is 1. The topological polar surface area (TPSA) is 76.2 Å². The normalized spacial score (nSPS) is 15.0. The van der Waals surface area contributed by atoms with Gasteiger partial charge in [-0.3, -0.25) is 9.69 Å².